The third-order valence-corrected chi connectivity index (χ3v) is 11.0. The third kappa shape index (κ3) is 21.6. The molecule has 0 bridgehead atoms. The maximum atomic E-state index is 14.3. The summed E-state index contributed by atoms with van der Waals surface area (Å²) >= 11 is 0. The van der Waals surface area contributed by atoms with E-state index in [2.05, 4.69) is 57.8 Å². The van der Waals surface area contributed by atoms with Crippen LogP contribution in [-0.4, -0.2) is 143 Å². The molecule has 0 saturated carbocycles. The normalized spacial score (nSPS) is 14.5. The van der Waals surface area contributed by atoms with E-state index in [0.717, 1.165) is 0 Å². The van der Waals surface area contributed by atoms with Crippen molar-refractivity contribution in [2.45, 2.75) is 135 Å². The van der Waals surface area contributed by atoms with Gasteiger partial charge in [-0.15, -0.1) is 0 Å². The summed E-state index contributed by atoms with van der Waals surface area (Å²) in [5, 5.41) is 33.5. The van der Waals surface area contributed by atoms with Crippen molar-refractivity contribution in [3.05, 3.63) is 54.1 Å². The minimum atomic E-state index is -1.51. The van der Waals surface area contributed by atoms with Gasteiger partial charge in [0.05, 0.1) is 26.0 Å². The largest absolute Gasteiger partial charge is 0.394 e. The van der Waals surface area contributed by atoms with E-state index in [-0.39, 0.29) is 44.1 Å². The Morgan fingerprint density at radius 1 is 0.652 bits per heavy atom. The first-order chi connectivity index (χ1) is 32.9. The number of amides is 9. The molecule has 1 aromatic heterocycles. The van der Waals surface area contributed by atoms with Crippen LogP contribution < -0.4 is 59.3 Å². The van der Waals surface area contributed by atoms with Gasteiger partial charge in [0.2, 0.25) is 53.2 Å². The van der Waals surface area contributed by atoms with Crippen LogP contribution in [0.3, 0.4) is 0 Å². The number of aliphatic hydroxyl groups excluding tert-OH is 1. The Morgan fingerprint density at radius 2 is 1.25 bits per heavy atom. The van der Waals surface area contributed by atoms with Gasteiger partial charge in [0.25, 0.3) is 0 Å². The first-order valence-electron chi connectivity index (χ1n) is 23.6. The summed E-state index contributed by atoms with van der Waals surface area (Å²) in [4.78, 5) is 127. The maximum absolute atomic E-state index is 14.3. The second kappa shape index (κ2) is 31.6. The molecule has 69 heavy (non-hydrogen) atoms. The van der Waals surface area contributed by atoms with E-state index in [0.29, 0.717) is 50.0 Å². The average molecular weight is 970 g/mol. The van der Waals surface area contributed by atoms with Gasteiger partial charge >= 0.3 is 0 Å². The zero-order valence-electron chi connectivity index (χ0n) is 40.7. The lowest BCUT2D eigenvalue weighted by Crippen LogP contribution is -2.61. The predicted octanol–water partition coefficient (Wildman–Crippen LogP) is -2.58. The number of rotatable bonds is 32. The number of benzene rings is 1. The predicted molar refractivity (Wildman–Crippen MR) is 256 cm³/mol. The summed E-state index contributed by atoms with van der Waals surface area (Å²) < 4.78 is 0. The van der Waals surface area contributed by atoms with Gasteiger partial charge in [0.1, 0.15) is 42.3 Å². The molecule has 8 atom stereocenters. The Kier molecular flexibility index (Phi) is 26.8. The average Bonchev–Trinajstić information content (AvgIpc) is 3.85. The fourth-order valence-electron chi connectivity index (χ4n) is 6.87. The third-order valence-electron chi connectivity index (χ3n) is 11.0. The maximum Gasteiger partial charge on any atom is 0.245 e. The van der Waals surface area contributed by atoms with Crippen LogP contribution in [0.5, 0.6) is 0 Å². The zero-order chi connectivity index (χ0) is 51.5. The molecule has 0 unspecified atom stereocenters. The molecule has 384 valence electrons. The SMILES string of the molecule is CCCNC(=O)[C@H](C)NC(=O)[C@H](CO)NC(=O)[C@H](Cc1cnc[nH]1)NC(=O)[C@H](CC(C)C)NC(=O)[C@H](Cc1ccccc1)NC(=O)[C@H](CCCCN)NC(=O)CNC(=O)[C@@H](NC(=O)CN)[C@@H](C)CC. The number of aromatic amines is 1. The van der Waals surface area contributed by atoms with E-state index in [1.54, 1.807) is 37.3 Å². The number of nitrogens with two attached hydrogens (primary N) is 2. The summed E-state index contributed by atoms with van der Waals surface area (Å²) in [7, 11) is 0. The Morgan fingerprint density at radius 3 is 1.81 bits per heavy atom. The molecule has 0 radical (unpaired) electrons. The molecule has 23 nitrogen and oxygen atoms in total. The van der Waals surface area contributed by atoms with Crippen molar-refractivity contribution < 1.29 is 48.3 Å². The summed E-state index contributed by atoms with van der Waals surface area (Å²) in [5.41, 5.74) is 12.2. The molecular formula is C46H75N13O10. The van der Waals surface area contributed by atoms with Crippen LogP contribution in [0.4, 0.5) is 0 Å². The number of H-pyrrole nitrogens is 1. The van der Waals surface area contributed by atoms with E-state index >= 15 is 0 Å². The van der Waals surface area contributed by atoms with E-state index in [1.165, 1.54) is 19.4 Å². The second-order valence-electron chi connectivity index (χ2n) is 17.3. The Balaban J connectivity index is 2.37. The molecule has 1 heterocycles. The Hall–Kier alpha value is -6.46. The fourth-order valence-corrected chi connectivity index (χ4v) is 6.87. The highest BCUT2D eigenvalue weighted by atomic mass is 16.3. The molecule has 0 spiro atoms. The topological polar surface area (TPSA) is 363 Å². The molecule has 15 N–H and O–H groups in total. The number of carbonyl (C=O) groups excluding carboxylic acids is 9. The molecule has 0 aliphatic rings. The number of hydrogen-bond acceptors (Lipinski definition) is 13. The van der Waals surface area contributed by atoms with Gasteiger partial charge in [-0.3, -0.25) is 43.2 Å². The van der Waals surface area contributed by atoms with Gasteiger partial charge in [-0.2, -0.15) is 0 Å². The van der Waals surface area contributed by atoms with Crippen molar-refractivity contribution >= 4 is 53.2 Å². The Labute approximate surface area is 403 Å². The molecule has 2 rings (SSSR count). The molecule has 9 amide bonds. The highest BCUT2D eigenvalue weighted by Gasteiger charge is 2.34. The van der Waals surface area contributed by atoms with Crippen molar-refractivity contribution in [1.29, 1.82) is 0 Å². The van der Waals surface area contributed by atoms with Gasteiger partial charge in [0, 0.05) is 31.3 Å². The lowest BCUT2D eigenvalue weighted by atomic mass is 9.98. The fraction of sp³-hybridized carbons (Fsp3) is 0.609. The molecule has 0 aliphatic heterocycles. The summed E-state index contributed by atoms with van der Waals surface area (Å²) in [6.07, 6.45) is 4.96. The minimum absolute atomic E-state index is 0.0339. The molecule has 0 aliphatic carbocycles. The van der Waals surface area contributed by atoms with Crippen molar-refractivity contribution in [1.82, 2.24) is 57.8 Å². The quantitative estimate of drug-likeness (QED) is 0.0336. The van der Waals surface area contributed by atoms with Crippen LogP contribution in [0.2, 0.25) is 0 Å². The smallest absolute Gasteiger partial charge is 0.245 e. The van der Waals surface area contributed by atoms with Crippen molar-refractivity contribution in [3.63, 3.8) is 0 Å². The van der Waals surface area contributed by atoms with Gasteiger partial charge in [0.15, 0.2) is 0 Å². The van der Waals surface area contributed by atoms with Crippen LogP contribution in [-0.2, 0) is 56.0 Å². The molecule has 23 heteroatoms. The first-order valence-corrected chi connectivity index (χ1v) is 23.6. The van der Waals surface area contributed by atoms with Crippen molar-refractivity contribution in [2.75, 3.05) is 32.8 Å². The standard InChI is InChI=1S/C46H75N13O10/c1-7-18-50-40(63)29(6)53-45(68)36(25-60)58-44(67)35(21-31-23-49-26-52-31)57-42(65)33(19-27(3)4)55-43(66)34(20-30-14-10-9-11-15-30)56-41(64)32(16-12-13-17-47)54-38(62)24-51-46(69)39(28(5)8-2)59-37(61)22-48/h9-11,14-15,23,26-29,32-36,39,60H,7-8,12-13,16-22,24-25,47-48H2,1-6H3,(H,49,52)(H,50,63)(H,51,69)(H,53,68)(H,54,62)(H,55,66)(H,56,64)(H,57,65)(H,58,67)(H,59,61)/t28-,29-,32-,33-,34-,35-,36-,39-/m0/s1. The van der Waals surface area contributed by atoms with E-state index in [1.807, 2.05) is 27.7 Å². The number of aromatic nitrogens is 2. The van der Waals surface area contributed by atoms with Crippen LogP contribution in [0.15, 0.2) is 42.9 Å². The molecule has 0 fully saturated rings. The summed E-state index contributed by atoms with van der Waals surface area (Å²) in [6.45, 7) is 9.53. The van der Waals surface area contributed by atoms with Crippen LogP contribution in [0.25, 0.3) is 0 Å². The number of aliphatic hydroxyl groups is 1. The lowest BCUT2D eigenvalue weighted by Gasteiger charge is -2.28. The van der Waals surface area contributed by atoms with Gasteiger partial charge in [-0.05, 0) is 63.0 Å². The number of nitrogens with zero attached hydrogens (tertiary/aromatic N) is 1. The zero-order valence-corrected chi connectivity index (χ0v) is 40.7. The number of carbonyl (C=O) groups is 9. The van der Waals surface area contributed by atoms with E-state index in [9.17, 15) is 48.3 Å². The monoisotopic (exact) mass is 970 g/mol. The highest BCUT2D eigenvalue weighted by molar-refractivity contribution is 5.98. The first kappa shape index (κ1) is 58.7. The van der Waals surface area contributed by atoms with E-state index < -0.39 is 109 Å². The number of imidazole rings is 1. The van der Waals surface area contributed by atoms with Crippen LogP contribution >= 0.6 is 0 Å². The highest BCUT2D eigenvalue weighted by Crippen LogP contribution is 2.12. The summed E-state index contributed by atoms with van der Waals surface area (Å²) in [6, 6.07) is 0.206. The van der Waals surface area contributed by atoms with Gasteiger partial charge < -0.3 is 69.4 Å². The van der Waals surface area contributed by atoms with Crippen molar-refractivity contribution in [2.24, 2.45) is 23.3 Å². The summed E-state index contributed by atoms with van der Waals surface area (Å²) in [5.74, 6) is -6.78. The number of nitrogens with one attached hydrogen (secondary N) is 10. The van der Waals surface area contributed by atoms with Crippen molar-refractivity contribution in [3.8, 4) is 0 Å². The lowest BCUT2D eigenvalue weighted by molar-refractivity contribution is -0.136. The van der Waals surface area contributed by atoms with Gasteiger partial charge in [-0.25, -0.2) is 4.98 Å². The Bertz CT molecular complexity index is 1950. The van der Waals surface area contributed by atoms with Crippen LogP contribution in [0.1, 0.15) is 91.3 Å². The van der Waals surface area contributed by atoms with Crippen LogP contribution in [0, 0.1) is 11.8 Å². The van der Waals surface area contributed by atoms with E-state index in [4.69, 9.17) is 11.5 Å². The van der Waals surface area contributed by atoms with Gasteiger partial charge in [-0.1, -0.05) is 71.4 Å². The number of hydrogen-bond donors (Lipinski definition) is 13. The molecule has 0 saturated heterocycles. The number of unbranched alkanes of at least 4 members (excludes halogenated alkanes) is 1. The minimum Gasteiger partial charge on any atom is -0.394 e. The second-order valence-corrected chi connectivity index (χ2v) is 17.3. The molecule has 2 aromatic rings. The molecule has 1 aromatic carbocycles. The molecular weight excluding hydrogens is 895 g/mol.